The van der Waals surface area contributed by atoms with Crippen LogP contribution in [0.3, 0.4) is 0 Å². The van der Waals surface area contributed by atoms with Gasteiger partial charge in [0.05, 0.1) is 0 Å². The molecule has 3 nitrogen and oxygen atoms in total. The van der Waals surface area contributed by atoms with Crippen LogP contribution in [-0.2, 0) is 0 Å². The van der Waals surface area contributed by atoms with Gasteiger partial charge in [0.25, 0.3) is 0 Å². The van der Waals surface area contributed by atoms with Crippen molar-refractivity contribution in [2.24, 2.45) is 5.84 Å². The van der Waals surface area contributed by atoms with E-state index in [9.17, 15) is 4.39 Å². The normalized spacial score (nSPS) is 12.9. The van der Waals surface area contributed by atoms with Crippen LogP contribution in [0.2, 0.25) is 0 Å². The van der Waals surface area contributed by atoms with Crippen LogP contribution in [0.4, 0.5) is 4.39 Å². The summed E-state index contributed by atoms with van der Waals surface area (Å²) in [5.74, 6) is 4.19. The summed E-state index contributed by atoms with van der Waals surface area (Å²) in [5.41, 5.74) is 3.24. The van der Waals surface area contributed by atoms with Crippen LogP contribution < -0.4 is 11.3 Å². The molecule has 0 aromatic heterocycles. The van der Waals surface area contributed by atoms with Gasteiger partial charge in [0, 0.05) is 6.04 Å². The zero-order valence-electron chi connectivity index (χ0n) is 6.71. The highest BCUT2D eigenvalue weighted by molar-refractivity contribution is 5.30. The lowest BCUT2D eigenvalue weighted by atomic mass is 10.1. The van der Waals surface area contributed by atoms with E-state index in [0.29, 0.717) is 0 Å². The molecule has 4 N–H and O–H groups in total. The minimum Gasteiger partial charge on any atom is -0.505 e. The molecule has 0 saturated carbocycles. The Bertz CT molecular complexity index is 278. The summed E-state index contributed by atoms with van der Waals surface area (Å²) in [7, 11) is 0. The van der Waals surface area contributed by atoms with Gasteiger partial charge in [0.2, 0.25) is 0 Å². The van der Waals surface area contributed by atoms with Gasteiger partial charge < -0.3 is 5.11 Å². The molecule has 66 valence electrons. The van der Waals surface area contributed by atoms with E-state index in [4.69, 9.17) is 10.9 Å². The predicted molar refractivity (Wildman–Crippen MR) is 43.8 cm³/mol. The molecule has 1 rings (SSSR count). The number of aromatic hydroxyl groups is 1. The molecule has 1 aromatic carbocycles. The quantitative estimate of drug-likeness (QED) is 0.459. The third-order valence-electron chi connectivity index (χ3n) is 1.72. The maximum absolute atomic E-state index is 12.6. The summed E-state index contributed by atoms with van der Waals surface area (Å²) in [6.45, 7) is 1.81. The van der Waals surface area contributed by atoms with Crippen molar-refractivity contribution < 1.29 is 9.50 Å². The van der Waals surface area contributed by atoms with Gasteiger partial charge in [0.15, 0.2) is 11.6 Å². The van der Waals surface area contributed by atoms with Gasteiger partial charge in [-0.1, -0.05) is 6.07 Å². The molecular formula is C8H11FN2O. The molecule has 0 unspecified atom stereocenters. The SMILES string of the molecule is C[C@@H](NN)c1ccc(F)c(O)c1. The minimum atomic E-state index is -0.622. The van der Waals surface area contributed by atoms with Gasteiger partial charge in [-0.3, -0.25) is 11.3 Å². The van der Waals surface area contributed by atoms with Crippen molar-refractivity contribution in [1.82, 2.24) is 5.43 Å². The van der Waals surface area contributed by atoms with Crippen molar-refractivity contribution in [3.05, 3.63) is 29.6 Å². The number of phenols is 1. The number of rotatable bonds is 2. The molecule has 0 bridgehead atoms. The zero-order chi connectivity index (χ0) is 9.14. The van der Waals surface area contributed by atoms with Crippen molar-refractivity contribution in [3.8, 4) is 5.75 Å². The van der Waals surface area contributed by atoms with Gasteiger partial charge in [0.1, 0.15) is 0 Å². The highest BCUT2D eigenvalue weighted by Crippen LogP contribution is 2.20. The second-order valence-corrected chi connectivity index (χ2v) is 2.60. The summed E-state index contributed by atoms with van der Waals surface area (Å²) in [6.07, 6.45) is 0. The summed E-state index contributed by atoms with van der Waals surface area (Å²) < 4.78 is 12.6. The Kier molecular flexibility index (Phi) is 2.62. The predicted octanol–water partition coefficient (Wildman–Crippen LogP) is 1.06. The van der Waals surface area contributed by atoms with Gasteiger partial charge in [-0.2, -0.15) is 0 Å². The number of nitrogens with one attached hydrogen (secondary N) is 1. The van der Waals surface area contributed by atoms with Gasteiger partial charge >= 0.3 is 0 Å². The first kappa shape index (κ1) is 8.96. The van der Waals surface area contributed by atoms with E-state index in [1.165, 1.54) is 12.1 Å². The summed E-state index contributed by atoms with van der Waals surface area (Å²) >= 11 is 0. The molecule has 0 fully saturated rings. The van der Waals surface area contributed by atoms with E-state index in [-0.39, 0.29) is 11.8 Å². The first-order chi connectivity index (χ1) is 5.65. The Morgan fingerprint density at radius 3 is 2.75 bits per heavy atom. The van der Waals surface area contributed by atoms with E-state index in [0.717, 1.165) is 5.56 Å². The first-order valence-corrected chi connectivity index (χ1v) is 3.59. The molecule has 1 aromatic rings. The minimum absolute atomic E-state index is 0.100. The lowest BCUT2D eigenvalue weighted by Crippen LogP contribution is -2.25. The van der Waals surface area contributed by atoms with Crippen LogP contribution in [0.1, 0.15) is 18.5 Å². The number of benzene rings is 1. The van der Waals surface area contributed by atoms with Crippen LogP contribution in [0, 0.1) is 5.82 Å². The summed E-state index contributed by atoms with van der Waals surface area (Å²) in [6, 6.07) is 4.02. The third kappa shape index (κ3) is 1.72. The van der Waals surface area contributed by atoms with Gasteiger partial charge in [-0.25, -0.2) is 4.39 Å². The van der Waals surface area contributed by atoms with Crippen molar-refractivity contribution in [3.63, 3.8) is 0 Å². The van der Waals surface area contributed by atoms with Crippen molar-refractivity contribution in [1.29, 1.82) is 0 Å². The summed E-state index contributed by atoms with van der Waals surface area (Å²) in [5, 5.41) is 9.00. The summed E-state index contributed by atoms with van der Waals surface area (Å²) in [4.78, 5) is 0. The molecule has 0 spiro atoms. The lowest BCUT2D eigenvalue weighted by Gasteiger charge is -2.10. The monoisotopic (exact) mass is 170 g/mol. The fourth-order valence-corrected chi connectivity index (χ4v) is 0.895. The number of hydrogen-bond acceptors (Lipinski definition) is 3. The fourth-order valence-electron chi connectivity index (χ4n) is 0.895. The van der Waals surface area contributed by atoms with Crippen LogP contribution in [0.5, 0.6) is 5.75 Å². The van der Waals surface area contributed by atoms with Crippen LogP contribution in [0.15, 0.2) is 18.2 Å². The zero-order valence-corrected chi connectivity index (χ0v) is 6.71. The first-order valence-electron chi connectivity index (χ1n) is 3.59. The lowest BCUT2D eigenvalue weighted by molar-refractivity contribution is 0.430. The third-order valence-corrected chi connectivity index (χ3v) is 1.72. The second kappa shape index (κ2) is 3.51. The Labute approximate surface area is 70.0 Å². The molecule has 0 heterocycles. The average Bonchev–Trinajstić information content (AvgIpc) is 2.08. The van der Waals surface area contributed by atoms with E-state index < -0.39 is 5.82 Å². The highest BCUT2D eigenvalue weighted by atomic mass is 19.1. The molecule has 0 radical (unpaired) electrons. The number of nitrogens with two attached hydrogens (primary N) is 1. The number of halogens is 1. The van der Waals surface area contributed by atoms with Crippen molar-refractivity contribution >= 4 is 0 Å². The number of hydrogen-bond donors (Lipinski definition) is 3. The largest absolute Gasteiger partial charge is 0.505 e. The molecule has 0 saturated heterocycles. The molecule has 0 amide bonds. The maximum Gasteiger partial charge on any atom is 0.164 e. The Hall–Kier alpha value is -1.13. The van der Waals surface area contributed by atoms with Gasteiger partial charge in [-0.15, -0.1) is 0 Å². The Morgan fingerprint density at radius 2 is 2.25 bits per heavy atom. The van der Waals surface area contributed by atoms with Crippen LogP contribution in [0.25, 0.3) is 0 Å². The molecule has 1 atom stereocenters. The fraction of sp³-hybridized carbons (Fsp3) is 0.250. The topological polar surface area (TPSA) is 58.3 Å². The van der Waals surface area contributed by atoms with E-state index in [1.54, 1.807) is 6.07 Å². The van der Waals surface area contributed by atoms with E-state index in [1.807, 2.05) is 6.92 Å². The molecular weight excluding hydrogens is 159 g/mol. The number of hydrazine groups is 1. The molecule has 4 heteroatoms. The number of phenolic OH excluding ortho intramolecular Hbond substituents is 1. The Balaban J connectivity index is 2.96. The van der Waals surface area contributed by atoms with Crippen LogP contribution >= 0.6 is 0 Å². The average molecular weight is 170 g/mol. The maximum atomic E-state index is 12.6. The van der Waals surface area contributed by atoms with Crippen LogP contribution in [-0.4, -0.2) is 5.11 Å². The van der Waals surface area contributed by atoms with Crippen molar-refractivity contribution in [2.45, 2.75) is 13.0 Å². The van der Waals surface area contributed by atoms with Gasteiger partial charge in [-0.05, 0) is 24.6 Å². The molecule has 0 aliphatic heterocycles. The smallest absolute Gasteiger partial charge is 0.164 e. The molecule has 0 aliphatic carbocycles. The molecule has 0 aliphatic rings. The van der Waals surface area contributed by atoms with E-state index >= 15 is 0 Å². The highest BCUT2D eigenvalue weighted by Gasteiger charge is 2.05. The molecule has 12 heavy (non-hydrogen) atoms. The van der Waals surface area contributed by atoms with Crippen molar-refractivity contribution in [2.75, 3.05) is 0 Å². The van der Waals surface area contributed by atoms with E-state index in [2.05, 4.69) is 5.43 Å². The Morgan fingerprint density at radius 1 is 1.58 bits per heavy atom. The second-order valence-electron chi connectivity index (χ2n) is 2.60. The standard InChI is InChI=1S/C8H11FN2O/c1-5(11-10)6-2-3-7(9)8(12)4-6/h2-5,11-12H,10H2,1H3/t5-/m1/s1.